The number of pyridine rings is 1. The lowest BCUT2D eigenvalue weighted by Crippen LogP contribution is -2.40. The number of halogens is 3. The second-order valence-electron chi connectivity index (χ2n) is 10.5. The van der Waals surface area contributed by atoms with Gasteiger partial charge >= 0.3 is 0 Å². The Bertz CT molecular complexity index is 1140. The molecule has 188 valence electrons. The summed E-state index contributed by atoms with van der Waals surface area (Å²) >= 11 is 6.59. The van der Waals surface area contributed by atoms with Crippen LogP contribution in [0, 0.1) is 5.92 Å². The standard InChI is InChI=1S/C27H33ClF2N4O/c1-17-3-9-21(10-4-17)35-26-31-23-15-22(28)24(32-25(23)33-26)20-7-5-18(6-8-20)19-11-13-34(14-12-19)16-27(2,29)30/h5-8,15,17,19,21H,3-4,9-14,16H2,1-2H3,(H,31,32,33). The van der Waals surface area contributed by atoms with Crippen molar-refractivity contribution in [1.29, 1.82) is 0 Å². The predicted octanol–water partition coefficient (Wildman–Crippen LogP) is 7.07. The van der Waals surface area contributed by atoms with Gasteiger partial charge in [-0.2, -0.15) is 4.98 Å². The van der Waals surface area contributed by atoms with E-state index in [0.29, 0.717) is 41.4 Å². The lowest BCUT2D eigenvalue weighted by Gasteiger charge is -2.33. The second kappa shape index (κ2) is 10.0. The Morgan fingerprint density at radius 1 is 1.06 bits per heavy atom. The van der Waals surface area contributed by atoms with E-state index < -0.39 is 5.92 Å². The number of nitrogens with one attached hydrogen (secondary N) is 1. The topological polar surface area (TPSA) is 54.0 Å². The van der Waals surface area contributed by atoms with E-state index >= 15 is 0 Å². The van der Waals surface area contributed by atoms with Gasteiger partial charge in [0, 0.05) is 12.5 Å². The van der Waals surface area contributed by atoms with Crippen molar-refractivity contribution >= 4 is 22.8 Å². The summed E-state index contributed by atoms with van der Waals surface area (Å²) in [5.41, 5.74) is 4.20. The summed E-state index contributed by atoms with van der Waals surface area (Å²) < 4.78 is 32.7. The van der Waals surface area contributed by atoms with Gasteiger partial charge in [-0.3, -0.25) is 4.90 Å². The van der Waals surface area contributed by atoms with Crippen molar-refractivity contribution in [2.45, 2.75) is 70.3 Å². The molecule has 0 atom stereocenters. The van der Waals surface area contributed by atoms with Gasteiger partial charge in [0.05, 0.1) is 22.8 Å². The van der Waals surface area contributed by atoms with Crippen LogP contribution in [-0.4, -0.2) is 51.5 Å². The second-order valence-corrected chi connectivity index (χ2v) is 10.9. The van der Waals surface area contributed by atoms with E-state index in [-0.39, 0.29) is 12.6 Å². The summed E-state index contributed by atoms with van der Waals surface area (Å²) in [4.78, 5) is 14.4. The third kappa shape index (κ3) is 5.95. The molecule has 1 N–H and O–H groups in total. The minimum Gasteiger partial charge on any atom is -0.461 e. The van der Waals surface area contributed by atoms with E-state index in [2.05, 4.69) is 29.0 Å². The van der Waals surface area contributed by atoms with Crippen molar-refractivity contribution < 1.29 is 13.5 Å². The molecular weight excluding hydrogens is 470 g/mol. The first-order valence-electron chi connectivity index (χ1n) is 12.7. The highest BCUT2D eigenvalue weighted by molar-refractivity contribution is 6.33. The first-order chi connectivity index (χ1) is 16.7. The minimum absolute atomic E-state index is 0.162. The molecule has 1 aliphatic heterocycles. The monoisotopic (exact) mass is 502 g/mol. The predicted molar refractivity (Wildman–Crippen MR) is 135 cm³/mol. The Morgan fingerprint density at radius 2 is 1.74 bits per heavy atom. The number of imidazole rings is 1. The summed E-state index contributed by atoms with van der Waals surface area (Å²) in [5.74, 6) is -1.50. The van der Waals surface area contributed by atoms with E-state index in [1.54, 1.807) is 0 Å². The van der Waals surface area contributed by atoms with Gasteiger partial charge < -0.3 is 9.72 Å². The number of rotatable bonds is 6. The number of piperidine rings is 1. The maximum absolute atomic E-state index is 13.3. The molecule has 0 amide bonds. The molecule has 2 fully saturated rings. The van der Waals surface area contributed by atoms with Crippen LogP contribution in [0.4, 0.5) is 8.78 Å². The number of likely N-dealkylation sites (tertiary alicyclic amines) is 1. The molecular formula is C27H33ClF2N4O. The zero-order chi connectivity index (χ0) is 24.6. The zero-order valence-electron chi connectivity index (χ0n) is 20.4. The van der Waals surface area contributed by atoms with Crippen LogP contribution in [-0.2, 0) is 0 Å². The molecule has 1 saturated heterocycles. The SMILES string of the molecule is CC1CCC(Oc2nc3nc(-c4ccc(C5CCN(CC(C)(F)F)CC5)cc4)c(Cl)cc3[nH]2)CC1. The van der Waals surface area contributed by atoms with Gasteiger partial charge in [-0.15, -0.1) is 0 Å². The number of alkyl halides is 2. The molecule has 0 bridgehead atoms. The largest absolute Gasteiger partial charge is 0.461 e. The first kappa shape index (κ1) is 24.4. The molecule has 2 aliphatic rings. The van der Waals surface area contributed by atoms with Crippen molar-refractivity contribution in [2.75, 3.05) is 19.6 Å². The quantitative estimate of drug-likeness (QED) is 0.391. The molecule has 3 heterocycles. The van der Waals surface area contributed by atoms with E-state index in [4.69, 9.17) is 21.3 Å². The van der Waals surface area contributed by atoms with E-state index in [1.165, 1.54) is 18.4 Å². The van der Waals surface area contributed by atoms with Crippen LogP contribution in [0.5, 0.6) is 6.01 Å². The molecule has 0 spiro atoms. The lowest BCUT2D eigenvalue weighted by atomic mass is 9.88. The summed E-state index contributed by atoms with van der Waals surface area (Å²) in [6.45, 7) is 4.51. The van der Waals surface area contributed by atoms with Crippen LogP contribution in [0.3, 0.4) is 0 Å². The van der Waals surface area contributed by atoms with Gasteiger partial charge in [-0.25, -0.2) is 13.8 Å². The Balaban J connectivity index is 1.26. The first-order valence-corrected chi connectivity index (χ1v) is 13.0. The van der Waals surface area contributed by atoms with Crippen molar-refractivity contribution in [3.05, 3.63) is 40.9 Å². The number of nitrogens with zero attached hydrogens (tertiary/aromatic N) is 3. The highest BCUT2D eigenvalue weighted by Gasteiger charge is 2.29. The number of ether oxygens (including phenoxy) is 1. The maximum Gasteiger partial charge on any atom is 0.296 e. The Morgan fingerprint density at radius 3 is 2.40 bits per heavy atom. The number of hydrogen-bond donors (Lipinski definition) is 1. The highest BCUT2D eigenvalue weighted by atomic mass is 35.5. The highest BCUT2D eigenvalue weighted by Crippen LogP contribution is 2.34. The van der Waals surface area contributed by atoms with Crippen molar-refractivity contribution in [3.63, 3.8) is 0 Å². The number of aromatic amines is 1. The molecule has 1 saturated carbocycles. The molecule has 0 radical (unpaired) electrons. The number of aromatic nitrogens is 3. The smallest absolute Gasteiger partial charge is 0.296 e. The third-order valence-corrected chi connectivity index (χ3v) is 7.68. The van der Waals surface area contributed by atoms with Gasteiger partial charge in [0.25, 0.3) is 11.9 Å². The van der Waals surface area contributed by atoms with Crippen LogP contribution in [0.15, 0.2) is 30.3 Å². The zero-order valence-corrected chi connectivity index (χ0v) is 21.1. The Hall–Kier alpha value is -2.25. The van der Waals surface area contributed by atoms with E-state index in [9.17, 15) is 8.78 Å². The van der Waals surface area contributed by atoms with E-state index in [1.807, 2.05) is 23.1 Å². The summed E-state index contributed by atoms with van der Waals surface area (Å²) in [6.07, 6.45) is 6.43. The maximum atomic E-state index is 13.3. The van der Waals surface area contributed by atoms with Crippen LogP contribution in [0.2, 0.25) is 5.02 Å². The molecule has 1 aliphatic carbocycles. The molecule has 3 aromatic rings. The van der Waals surface area contributed by atoms with Crippen LogP contribution in [0.25, 0.3) is 22.4 Å². The van der Waals surface area contributed by atoms with Gasteiger partial charge in [-0.1, -0.05) is 42.8 Å². The third-order valence-electron chi connectivity index (χ3n) is 7.39. The van der Waals surface area contributed by atoms with Gasteiger partial charge in [0.1, 0.15) is 6.10 Å². The fourth-order valence-electron chi connectivity index (χ4n) is 5.39. The van der Waals surface area contributed by atoms with Crippen molar-refractivity contribution in [2.24, 2.45) is 5.92 Å². The minimum atomic E-state index is -2.64. The lowest BCUT2D eigenvalue weighted by molar-refractivity contribution is -0.0199. The van der Waals surface area contributed by atoms with Gasteiger partial charge in [0.15, 0.2) is 5.65 Å². The van der Waals surface area contributed by atoms with Crippen LogP contribution in [0.1, 0.15) is 63.9 Å². The molecule has 5 rings (SSSR count). The number of H-pyrrole nitrogens is 1. The van der Waals surface area contributed by atoms with Crippen molar-refractivity contribution in [1.82, 2.24) is 19.9 Å². The summed E-state index contributed by atoms with van der Waals surface area (Å²) in [7, 11) is 0. The fourth-order valence-corrected chi connectivity index (χ4v) is 5.65. The number of hydrogen-bond acceptors (Lipinski definition) is 4. The Kier molecular flexibility index (Phi) is 6.99. The fraction of sp³-hybridized carbons (Fsp3) is 0.556. The molecule has 2 aromatic heterocycles. The molecule has 35 heavy (non-hydrogen) atoms. The number of fused-ring (bicyclic) bond motifs is 1. The average molecular weight is 503 g/mol. The molecule has 5 nitrogen and oxygen atoms in total. The van der Waals surface area contributed by atoms with E-state index in [0.717, 1.165) is 49.6 Å². The van der Waals surface area contributed by atoms with Gasteiger partial charge in [-0.05, 0) is 75.1 Å². The van der Waals surface area contributed by atoms with Gasteiger partial charge in [0.2, 0.25) is 0 Å². The molecule has 8 heteroatoms. The number of benzene rings is 1. The normalized spacial score (nSPS) is 22.5. The Labute approximate surface area is 210 Å². The van der Waals surface area contributed by atoms with Crippen LogP contribution >= 0.6 is 11.6 Å². The molecule has 0 unspecified atom stereocenters. The van der Waals surface area contributed by atoms with Crippen molar-refractivity contribution in [3.8, 4) is 17.3 Å². The van der Waals surface area contributed by atoms with Crippen LogP contribution < -0.4 is 4.74 Å². The molecule has 1 aromatic carbocycles. The average Bonchev–Trinajstić information content (AvgIpc) is 3.20. The summed E-state index contributed by atoms with van der Waals surface area (Å²) in [6, 6.07) is 10.6. The summed E-state index contributed by atoms with van der Waals surface area (Å²) in [5, 5.41) is 0.556.